The van der Waals surface area contributed by atoms with Crippen molar-refractivity contribution >= 4 is 28.8 Å². The lowest BCUT2D eigenvalue weighted by Crippen LogP contribution is -2.26. The summed E-state index contributed by atoms with van der Waals surface area (Å²) in [5.74, 6) is 0.539. The number of aromatic nitrogens is 1. The van der Waals surface area contributed by atoms with Crippen molar-refractivity contribution in [3.05, 3.63) is 39.9 Å². The molecular formula is C17H20ClN3OS. The van der Waals surface area contributed by atoms with Gasteiger partial charge in [0, 0.05) is 41.0 Å². The second-order valence-electron chi connectivity index (χ2n) is 5.98. The Morgan fingerprint density at radius 3 is 2.83 bits per heavy atom. The number of benzene rings is 1. The van der Waals surface area contributed by atoms with Gasteiger partial charge in [-0.15, -0.1) is 11.3 Å². The van der Waals surface area contributed by atoms with Crippen LogP contribution in [-0.2, 0) is 4.79 Å². The van der Waals surface area contributed by atoms with E-state index in [4.69, 9.17) is 16.6 Å². The number of halogens is 1. The van der Waals surface area contributed by atoms with E-state index in [1.807, 2.05) is 31.2 Å². The molecule has 2 N–H and O–H groups in total. The minimum Gasteiger partial charge on any atom is -0.356 e. The third-order valence-electron chi connectivity index (χ3n) is 4.09. The molecule has 1 amide bonds. The van der Waals surface area contributed by atoms with Gasteiger partial charge < -0.3 is 10.6 Å². The minimum absolute atomic E-state index is 0.156. The maximum atomic E-state index is 11.3. The van der Waals surface area contributed by atoms with Crippen LogP contribution in [0.15, 0.2) is 24.3 Å². The van der Waals surface area contributed by atoms with Gasteiger partial charge >= 0.3 is 0 Å². The Hall–Kier alpha value is -1.43. The molecule has 1 aliphatic rings. The zero-order valence-electron chi connectivity index (χ0n) is 13.2. The Morgan fingerprint density at radius 2 is 2.17 bits per heavy atom. The molecule has 0 bridgehead atoms. The number of hydrogen-bond acceptors (Lipinski definition) is 4. The molecule has 0 spiro atoms. The van der Waals surface area contributed by atoms with Gasteiger partial charge in [0.25, 0.3) is 0 Å². The van der Waals surface area contributed by atoms with Crippen molar-refractivity contribution in [1.82, 2.24) is 15.6 Å². The van der Waals surface area contributed by atoms with E-state index in [2.05, 4.69) is 17.6 Å². The highest BCUT2D eigenvalue weighted by molar-refractivity contribution is 7.15. The van der Waals surface area contributed by atoms with Gasteiger partial charge in [0.2, 0.25) is 5.91 Å². The van der Waals surface area contributed by atoms with Gasteiger partial charge in [-0.2, -0.15) is 0 Å². The van der Waals surface area contributed by atoms with Crippen LogP contribution in [-0.4, -0.2) is 24.0 Å². The lowest BCUT2D eigenvalue weighted by molar-refractivity contribution is -0.119. The number of carbonyl (C=O) groups excluding carboxylic acids is 1. The Labute approximate surface area is 145 Å². The first-order chi connectivity index (χ1) is 11.0. The molecule has 0 aliphatic carbocycles. The summed E-state index contributed by atoms with van der Waals surface area (Å²) in [4.78, 5) is 17.2. The van der Waals surface area contributed by atoms with E-state index in [0.29, 0.717) is 12.3 Å². The third-order valence-corrected chi connectivity index (χ3v) is 5.73. The number of nitrogens with zero attached hydrogens (tertiary/aromatic N) is 1. The molecule has 1 fully saturated rings. The lowest BCUT2D eigenvalue weighted by Gasteiger charge is -2.15. The zero-order chi connectivity index (χ0) is 16.4. The largest absolute Gasteiger partial charge is 0.356 e. The van der Waals surface area contributed by atoms with Gasteiger partial charge in [-0.25, -0.2) is 4.98 Å². The molecular weight excluding hydrogens is 330 g/mol. The number of aryl methyl sites for hydroxylation is 1. The summed E-state index contributed by atoms with van der Waals surface area (Å²) in [6.07, 6.45) is 0.622. The molecule has 0 radical (unpaired) electrons. The Morgan fingerprint density at radius 1 is 1.43 bits per heavy atom. The smallest absolute Gasteiger partial charge is 0.220 e. The monoisotopic (exact) mass is 349 g/mol. The van der Waals surface area contributed by atoms with E-state index < -0.39 is 0 Å². The minimum atomic E-state index is 0.156. The van der Waals surface area contributed by atoms with E-state index in [1.54, 1.807) is 11.3 Å². The standard InChI is InChI=1S/C17H20ClN3OS/c1-10(19-8-12-7-15(22)20-9-12)16-11(2)21-17(23-16)13-3-5-14(18)6-4-13/h3-6,10,12,19H,7-9H2,1-2H3,(H,20,22). The molecule has 2 aromatic rings. The first kappa shape index (κ1) is 16.4. The molecule has 2 atom stereocenters. The van der Waals surface area contributed by atoms with E-state index in [-0.39, 0.29) is 11.9 Å². The third kappa shape index (κ3) is 3.91. The van der Waals surface area contributed by atoms with Crippen LogP contribution in [0.2, 0.25) is 5.02 Å². The Bertz CT molecular complexity index is 698. The van der Waals surface area contributed by atoms with E-state index in [9.17, 15) is 4.79 Å². The molecule has 1 aliphatic heterocycles. The average molecular weight is 350 g/mol. The van der Waals surface area contributed by atoms with Gasteiger partial charge in [0.05, 0.1) is 5.69 Å². The van der Waals surface area contributed by atoms with Crippen molar-refractivity contribution in [3.63, 3.8) is 0 Å². The molecule has 0 saturated carbocycles. The van der Waals surface area contributed by atoms with Crippen molar-refractivity contribution in [3.8, 4) is 10.6 Å². The molecule has 1 aromatic carbocycles. The molecule has 2 heterocycles. The van der Waals surface area contributed by atoms with Gasteiger partial charge in [0.15, 0.2) is 0 Å². The summed E-state index contributed by atoms with van der Waals surface area (Å²) >= 11 is 7.65. The topological polar surface area (TPSA) is 54.0 Å². The normalized spacial score (nSPS) is 18.9. The van der Waals surface area contributed by atoms with Gasteiger partial charge in [-0.3, -0.25) is 4.79 Å². The van der Waals surface area contributed by atoms with Crippen LogP contribution in [0.3, 0.4) is 0 Å². The number of nitrogens with one attached hydrogen (secondary N) is 2. The van der Waals surface area contributed by atoms with Crippen molar-refractivity contribution in [2.24, 2.45) is 5.92 Å². The number of carbonyl (C=O) groups is 1. The number of hydrogen-bond donors (Lipinski definition) is 2. The van der Waals surface area contributed by atoms with E-state index in [1.165, 1.54) is 4.88 Å². The van der Waals surface area contributed by atoms with Crippen LogP contribution >= 0.6 is 22.9 Å². The average Bonchev–Trinajstić information content (AvgIpc) is 3.11. The highest BCUT2D eigenvalue weighted by atomic mass is 35.5. The number of amides is 1. The molecule has 122 valence electrons. The highest BCUT2D eigenvalue weighted by Crippen LogP contribution is 2.32. The molecule has 4 nitrogen and oxygen atoms in total. The fourth-order valence-corrected chi connectivity index (χ4v) is 4.00. The van der Waals surface area contributed by atoms with Gasteiger partial charge in [-0.1, -0.05) is 23.7 Å². The van der Waals surface area contributed by atoms with Gasteiger partial charge in [0.1, 0.15) is 5.01 Å². The molecule has 1 saturated heterocycles. The summed E-state index contributed by atoms with van der Waals surface area (Å²) < 4.78 is 0. The van der Waals surface area contributed by atoms with E-state index in [0.717, 1.165) is 34.4 Å². The van der Waals surface area contributed by atoms with Crippen LogP contribution in [0.4, 0.5) is 0 Å². The van der Waals surface area contributed by atoms with Crippen molar-refractivity contribution in [2.45, 2.75) is 26.3 Å². The van der Waals surface area contributed by atoms with Crippen LogP contribution in [0.25, 0.3) is 10.6 Å². The fourth-order valence-electron chi connectivity index (χ4n) is 2.77. The Kier molecular flexibility index (Phi) is 4.99. The van der Waals surface area contributed by atoms with Crippen LogP contribution in [0, 0.1) is 12.8 Å². The molecule has 3 rings (SSSR count). The van der Waals surface area contributed by atoms with Gasteiger partial charge in [-0.05, 0) is 31.9 Å². The second kappa shape index (κ2) is 6.99. The maximum Gasteiger partial charge on any atom is 0.220 e. The summed E-state index contributed by atoms with van der Waals surface area (Å²) in [5, 5.41) is 8.16. The van der Waals surface area contributed by atoms with Crippen LogP contribution in [0.1, 0.15) is 30.0 Å². The van der Waals surface area contributed by atoms with Crippen molar-refractivity contribution < 1.29 is 4.79 Å². The first-order valence-corrected chi connectivity index (χ1v) is 8.95. The zero-order valence-corrected chi connectivity index (χ0v) is 14.8. The second-order valence-corrected chi connectivity index (χ2v) is 7.45. The highest BCUT2D eigenvalue weighted by Gasteiger charge is 2.22. The fraction of sp³-hybridized carbons (Fsp3) is 0.412. The van der Waals surface area contributed by atoms with Crippen molar-refractivity contribution in [2.75, 3.05) is 13.1 Å². The SMILES string of the molecule is Cc1nc(-c2ccc(Cl)cc2)sc1C(C)NCC1CNC(=O)C1. The summed E-state index contributed by atoms with van der Waals surface area (Å²) in [6.45, 7) is 5.81. The molecule has 23 heavy (non-hydrogen) atoms. The van der Waals surface area contributed by atoms with Crippen molar-refractivity contribution in [1.29, 1.82) is 0 Å². The quantitative estimate of drug-likeness (QED) is 0.867. The predicted molar refractivity (Wildman–Crippen MR) is 94.8 cm³/mol. The number of rotatable bonds is 5. The molecule has 6 heteroatoms. The first-order valence-electron chi connectivity index (χ1n) is 7.76. The van der Waals surface area contributed by atoms with Crippen LogP contribution in [0.5, 0.6) is 0 Å². The maximum absolute atomic E-state index is 11.3. The lowest BCUT2D eigenvalue weighted by atomic mass is 10.1. The predicted octanol–water partition coefficient (Wildman–Crippen LogP) is 3.56. The molecule has 2 unspecified atom stereocenters. The molecule has 1 aromatic heterocycles. The Balaban J connectivity index is 1.67. The van der Waals surface area contributed by atoms with Crippen LogP contribution < -0.4 is 10.6 Å². The number of thiazole rings is 1. The summed E-state index contributed by atoms with van der Waals surface area (Å²) in [7, 11) is 0. The van der Waals surface area contributed by atoms with E-state index >= 15 is 0 Å². The summed E-state index contributed by atoms with van der Waals surface area (Å²) in [6, 6.07) is 8.00. The summed E-state index contributed by atoms with van der Waals surface area (Å²) in [5.41, 5.74) is 2.15.